The third-order valence-corrected chi connectivity index (χ3v) is 4.76. The van der Waals surface area contributed by atoms with Gasteiger partial charge in [-0.05, 0) is 47.5 Å². The van der Waals surface area contributed by atoms with Crippen LogP contribution in [0, 0.1) is 0 Å². The van der Waals surface area contributed by atoms with Crippen LogP contribution in [0.5, 0.6) is 17.2 Å². The highest BCUT2D eigenvalue weighted by atomic mass is 32.2. The maximum Gasteiger partial charge on any atom is 0.382 e. The van der Waals surface area contributed by atoms with Gasteiger partial charge in [0.1, 0.15) is 17.2 Å². The third kappa shape index (κ3) is 3.50. The largest absolute Gasteiger partial charge is 0.457 e. The molecule has 0 radical (unpaired) electrons. The predicted molar refractivity (Wildman–Crippen MR) is 94.8 cm³/mol. The molecular formula is C19H15NO4S. The summed E-state index contributed by atoms with van der Waals surface area (Å²) in [4.78, 5) is 0. The summed E-state index contributed by atoms with van der Waals surface area (Å²) in [6.45, 7) is 0.223. The Balaban J connectivity index is 1.56. The van der Waals surface area contributed by atoms with Gasteiger partial charge in [-0.25, -0.2) is 0 Å². The van der Waals surface area contributed by atoms with Gasteiger partial charge in [-0.15, -0.1) is 0 Å². The molecule has 0 saturated heterocycles. The number of hydrogen-bond acceptors (Lipinski definition) is 4. The van der Waals surface area contributed by atoms with E-state index in [1.54, 1.807) is 6.07 Å². The van der Waals surface area contributed by atoms with Crippen molar-refractivity contribution >= 4 is 10.3 Å². The van der Waals surface area contributed by atoms with Crippen LogP contribution in [-0.4, -0.2) is 8.42 Å². The van der Waals surface area contributed by atoms with Crippen molar-refractivity contribution in [1.82, 2.24) is 4.72 Å². The summed E-state index contributed by atoms with van der Waals surface area (Å²) in [6, 6.07) is 22.8. The van der Waals surface area contributed by atoms with Gasteiger partial charge in [0.15, 0.2) is 0 Å². The number of hydrogen-bond donors (Lipinski definition) is 1. The Kier molecular flexibility index (Phi) is 3.91. The zero-order valence-corrected chi connectivity index (χ0v) is 14.0. The van der Waals surface area contributed by atoms with Crippen LogP contribution >= 0.6 is 0 Å². The molecule has 126 valence electrons. The molecule has 0 saturated carbocycles. The van der Waals surface area contributed by atoms with Crippen LogP contribution in [-0.2, 0) is 16.8 Å². The number of nitrogens with one attached hydrogen (secondary N) is 1. The Morgan fingerprint density at radius 3 is 2.28 bits per heavy atom. The first-order chi connectivity index (χ1) is 12.1. The highest BCUT2D eigenvalue weighted by molar-refractivity contribution is 7.85. The summed E-state index contributed by atoms with van der Waals surface area (Å²) in [7, 11) is -3.68. The van der Waals surface area contributed by atoms with Gasteiger partial charge >= 0.3 is 10.3 Å². The molecule has 1 heterocycles. The normalized spacial score (nSPS) is 15.0. The van der Waals surface area contributed by atoms with Gasteiger partial charge in [0, 0.05) is 12.1 Å². The van der Waals surface area contributed by atoms with Crippen LogP contribution in [0.15, 0.2) is 72.8 Å². The van der Waals surface area contributed by atoms with Crippen LogP contribution in [0.25, 0.3) is 11.1 Å². The minimum absolute atomic E-state index is 0.223. The van der Waals surface area contributed by atoms with E-state index in [0.29, 0.717) is 5.75 Å². The molecule has 3 aromatic rings. The highest BCUT2D eigenvalue weighted by Gasteiger charge is 2.21. The van der Waals surface area contributed by atoms with E-state index in [1.165, 1.54) is 0 Å². The second kappa shape index (κ2) is 6.23. The van der Waals surface area contributed by atoms with E-state index in [9.17, 15) is 8.42 Å². The fraction of sp³-hybridized carbons (Fsp3) is 0.0526. The lowest BCUT2D eigenvalue weighted by atomic mass is 10.0. The molecule has 1 aliphatic heterocycles. The third-order valence-electron chi connectivity index (χ3n) is 3.87. The monoisotopic (exact) mass is 353 g/mol. The minimum Gasteiger partial charge on any atom is -0.457 e. The van der Waals surface area contributed by atoms with Gasteiger partial charge in [-0.1, -0.05) is 36.4 Å². The van der Waals surface area contributed by atoms with Gasteiger partial charge < -0.3 is 8.92 Å². The standard InChI is InChI=1S/C19H15NO4S/c21-25(22)20-13-16-12-15(8-11-19(16)24-25)14-6-9-18(10-7-14)23-17-4-2-1-3-5-17/h1-12,20H,13H2. The Morgan fingerprint density at radius 1 is 0.840 bits per heavy atom. The van der Waals surface area contributed by atoms with Crippen molar-refractivity contribution in [2.45, 2.75) is 6.54 Å². The summed E-state index contributed by atoms with van der Waals surface area (Å²) in [6.07, 6.45) is 0. The van der Waals surface area contributed by atoms with E-state index in [1.807, 2.05) is 66.7 Å². The van der Waals surface area contributed by atoms with Crippen molar-refractivity contribution in [3.05, 3.63) is 78.4 Å². The smallest absolute Gasteiger partial charge is 0.382 e. The zero-order valence-electron chi connectivity index (χ0n) is 13.2. The molecule has 0 fully saturated rings. The van der Waals surface area contributed by atoms with Crippen LogP contribution in [0.4, 0.5) is 0 Å². The summed E-state index contributed by atoms with van der Waals surface area (Å²) < 4.78 is 35.9. The molecule has 1 aliphatic rings. The molecule has 5 nitrogen and oxygen atoms in total. The van der Waals surface area contributed by atoms with E-state index in [2.05, 4.69) is 4.72 Å². The van der Waals surface area contributed by atoms with E-state index in [4.69, 9.17) is 8.92 Å². The van der Waals surface area contributed by atoms with E-state index in [-0.39, 0.29) is 6.54 Å². The molecule has 6 heteroatoms. The van der Waals surface area contributed by atoms with Gasteiger partial charge in [0.2, 0.25) is 0 Å². The van der Waals surface area contributed by atoms with Crippen LogP contribution in [0.3, 0.4) is 0 Å². The maximum atomic E-state index is 11.4. The Labute approximate surface area is 146 Å². The van der Waals surface area contributed by atoms with E-state index in [0.717, 1.165) is 28.2 Å². The van der Waals surface area contributed by atoms with Gasteiger partial charge in [-0.2, -0.15) is 13.1 Å². The molecule has 0 amide bonds. The summed E-state index contributed by atoms with van der Waals surface area (Å²) in [5.74, 6) is 1.91. The van der Waals surface area contributed by atoms with Crippen molar-refractivity contribution in [2.24, 2.45) is 0 Å². The zero-order chi connectivity index (χ0) is 17.3. The number of fused-ring (bicyclic) bond motifs is 1. The van der Waals surface area contributed by atoms with Gasteiger partial charge in [0.25, 0.3) is 0 Å². The predicted octanol–water partition coefficient (Wildman–Crippen LogP) is 3.87. The molecule has 0 aliphatic carbocycles. The quantitative estimate of drug-likeness (QED) is 0.776. The Hall–Kier alpha value is -2.83. The number of para-hydroxylation sites is 1. The molecule has 0 aromatic heterocycles. The topological polar surface area (TPSA) is 64.6 Å². The first-order valence-corrected chi connectivity index (χ1v) is 9.15. The van der Waals surface area contributed by atoms with Crippen molar-refractivity contribution in [3.8, 4) is 28.4 Å². The van der Waals surface area contributed by atoms with Crippen molar-refractivity contribution in [1.29, 1.82) is 0 Å². The van der Waals surface area contributed by atoms with E-state index < -0.39 is 10.3 Å². The Bertz CT molecular complexity index is 999. The first kappa shape index (κ1) is 15.7. The highest BCUT2D eigenvalue weighted by Crippen LogP contribution is 2.31. The molecule has 4 rings (SSSR count). The molecule has 1 N–H and O–H groups in total. The molecule has 0 bridgehead atoms. The van der Waals surface area contributed by atoms with Crippen molar-refractivity contribution in [3.63, 3.8) is 0 Å². The average Bonchev–Trinajstić information content (AvgIpc) is 2.62. The second-order valence-corrected chi connectivity index (χ2v) is 6.98. The second-order valence-electron chi connectivity index (χ2n) is 5.62. The van der Waals surface area contributed by atoms with Crippen molar-refractivity contribution in [2.75, 3.05) is 0 Å². The molecule has 25 heavy (non-hydrogen) atoms. The number of rotatable bonds is 3. The summed E-state index contributed by atoms with van der Waals surface area (Å²) in [5, 5.41) is 0. The first-order valence-electron chi connectivity index (χ1n) is 7.74. The number of ether oxygens (including phenoxy) is 1. The fourth-order valence-corrected chi connectivity index (χ4v) is 3.42. The van der Waals surface area contributed by atoms with E-state index >= 15 is 0 Å². The minimum atomic E-state index is -3.68. The lowest BCUT2D eigenvalue weighted by molar-refractivity contribution is 0.453. The lowest BCUT2D eigenvalue weighted by Gasteiger charge is -2.18. The fourth-order valence-electron chi connectivity index (χ4n) is 2.63. The SMILES string of the molecule is O=S1(=O)NCc2cc(-c3ccc(Oc4ccccc4)cc3)ccc2O1. The molecular weight excluding hydrogens is 338 g/mol. The Morgan fingerprint density at radius 2 is 1.52 bits per heavy atom. The van der Waals surface area contributed by atoms with Crippen LogP contribution in [0.2, 0.25) is 0 Å². The number of benzene rings is 3. The molecule has 0 spiro atoms. The average molecular weight is 353 g/mol. The maximum absolute atomic E-state index is 11.4. The molecule has 0 atom stereocenters. The summed E-state index contributed by atoms with van der Waals surface area (Å²) in [5.41, 5.74) is 2.79. The molecule has 3 aromatic carbocycles. The van der Waals surface area contributed by atoms with Crippen LogP contribution < -0.4 is 13.6 Å². The summed E-state index contributed by atoms with van der Waals surface area (Å²) >= 11 is 0. The van der Waals surface area contributed by atoms with Gasteiger partial charge in [-0.3, -0.25) is 0 Å². The van der Waals surface area contributed by atoms with Crippen molar-refractivity contribution < 1.29 is 17.3 Å². The van der Waals surface area contributed by atoms with Crippen LogP contribution in [0.1, 0.15) is 5.56 Å². The lowest BCUT2D eigenvalue weighted by Crippen LogP contribution is -2.32. The van der Waals surface area contributed by atoms with Gasteiger partial charge in [0.05, 0.1) is 0 Å². The molecule has 0 unspecified atom stereocenters.